The van der Waals surface area contributed by atoms with Gasteiger partial charge in [-0.1, -0.05) is 12.1 Å². The van der Waals surface area contributed by atoms with Gasteiger partial charge in [-0.25, -0.2) is 0 Å². The van der Waals surface area contributed by atoms with Crippen LogP contribution in [0.15, 0.2) is 24.3 Å². The van der Waals surface area contributed by atoms with Gasteiger partial charge in [-0.15, -0.1) is 0 Å². The molecule has 0 bridgehead atoms. The van der Waals surface area contributed by atoms with E-state index < -0.39 is 11.7 Å². The molecular weight excluding hydrogens is 285 g/mol. The Labute approximate surface area is 120 Å². The molecule has 1 aromatic rings. The van der Waals surface area contributed by atoms with Crippen molar-refractivity contribution in [1.82, 2.24) is 10.2 Å². The molecular formula is C14H17F3N2O2. The van der Waals surface area contributed by atoms with E-state index in [4.69, 9.17) is 4.74 Å². The number of hydrogen-bond acceptors (Lipinski definition) is 3. The number of benzene rings is 1. The summed E-state index contributed by atoms with van der Waals surface area (Å²) in [5.74, 6) is -0.334. The van der Waals surface area contributed by atoms with Crippen LogP contribution < -0.4 is 10.1 Å². The van der Waals surface area contributed by atoms with Crippen LogP contribution in [-0.4, -0.2) is 43.6 Å². The van der Waals surface area contributed by atoms with E-state index in [9.17, 15) is 18.0 Å². The van der Waals surface area contributed by atoms with Gasteiger partial charge in [-0.3, -0.25) is 4.79 Å². The third-order valence-electron chi connectivity index (χ3n) is 3.24. The van der Waals surface area contributed by atoms with Gasteiger partial charge in [0.1, 0.15) is 5.75 Å². The van der Waals surface area contributed by atoms with Gasteiger partial charge in [0.05, 0.1) is 18.6 Å². The molecule has 2 rings (SSSR count). The summed E-state index contributed by atoms with van der Waals surface area (Å²) >= 11 is 0. The number of nitrogens with zero attached hydrogens (tertiary/aromatic N) is 1. The molecule has 1 heterocycles. The highest BCUT2D eigenvalue weighted by Gasteiger charge is 2.34. The Bertz CT molecular complexity index is 485. The average Bonchev–Trinajstić information content (AvgIpc) is 2.47. The van der Waals surface area contributed by atoms with E-state index in [-0.39, 0.29) is 24.7 Å². The molecule has 21 heavy (non-hydrogen) atoms. The Morgan fingerprint density at radius 1 is 1.24 bits per heavy atom. The van der Waals surface area contributed by atoms with E-state index in [1.807, 2.05) is 0 Å². The Morgan fingerprint density at radius 2 is 1.90 bits per heavy atom. The van der Waals surface area contributed by atoms with Crippen LogP contribution in [0.3, 0.4) is 0 Å². The van der Waals surface area contributed by atoms with Gasteiger partial charge >= 0.3 is 6.18 Å². The first kappa shape index (κ1) is 15.6. The highest BCUT2D eigenvalue weighted by atomic mass is 19.4. The fourth-order valence-electron chi connectivity index (χ4n) is 2.15. The lowest BCUT2D eigenvalue weighted by molar-refractivity contribution is -0.139. The number of hydrogen-bond donors (Lipinski definition) is 1. The van der Waals surface area contributed by atoms with Gasteiger partial charge < -0.3 is 15.0 Å². The lowest BCUT2D eigenvalue weighted by Gasteiger charge is -2.27. The quantitative estimate of drug-likeness (QED) is 0.924. The molecule has 0 aliphatic carbocycles. The molecule has 1 N–H and O–H groups in total. The fourth-order valence-corrected chi connectivity index (χ4v) is 2.15. The molecule has 1 aliphatic rings. The van der Waals surface area contributed by atoms with Crippen molar-refractivity contribution in [2.45, 2.75) is 12.6 Å². The summed E-state index contributed by atoms with van der Waals surface area (Å²) in [6, 6.07) is 5.01. The summed E-state index contributed by atoms with van der Waals surface area (Å²) in [5.41, 5.74) is -0.820. The zero-order valence-corrected chi connectivity index (χ0v) is 11.4. The Kier molecular flexibility index (Phi) is 5.06. The molecule has 0 aromatic heterocycles. The van der Waals surface area contributed by atoms with Crippen molar-refractivity contribution < 1.29 is 22.7 Å². The van der Waals surface area contributed by atoms with Gasteiger partial charge in [0, 0.05) is 26.2 Å². The number of ether oxygens (including phenoxy) is 1. The monoisotopic (exact) mass is 302 g/mol. The second-order valence-electron chi connectivity index (χ2n) is 4.72. The van der Waals surface area contributed by atoms with Gasteiger partial charge in [0.2, 0.25) is 5.91 Å². The van der Waals surface area contributed by atoms with Crippen molar-refractivity contribution in [3.8, 4) is 5.75 Å². The Morgan fingerprint density at radius 3 is 2.57 bits per heavy atom. The molecule has 0 spiro atoms. The fraction of sp³-hybridized carbons (Fsp3) is 0.500. The number of nitrogens with one attached hydrogen (secondary N) is 1. The number of alkyl halides is 3. The van der Waals surface area contributed by atoms with E-state index in [1.165, 1.54) is 18.2 Å². The van der Waals surface area contributed by atoms with Crippen LogP contribution in [0.2, 0.25) is 0 Å². The third kappa shape index (κ3) is 4.35. The highest BCUT2D eigenvalue weighted by molar-refractivity contribution is 5.76. The molecule has 0 unspecified atom stereocenters. The Hall–Kier alpha value is -1.76. The van der Waals surface area contributed by atoms with Crippen molar-refractivity contribution in [1.29, 1.82) is 0 Å². The van der Waals surface area contributed by atoms with E-state index in [1.54, 1.807) is 4.90 Å². The summed E-state index contributed by atoms with van der Waals surface area (Å²) in [6.45, 7) is 2.67. The predicted molar refractivity (Wildman–Crippen MR) is 71.0 cm³/mol. The van der Waals surface area contributed by atoms with Crippen molar-refractivity contribution in [2.75, 3.05) is 32.8 Å². The smallest absolute Gasteiger partial charge is 0.419 e. The predicted octanol–water partition coefficient (Wildman–Crippen LogP) is 1.91. The van der Waals surface area contributed by atoms with Crippen molar-refractivity contribution in [2.24, 2.45) is 0 Å². The molecule has 1 fully saturated rings. The Balaban J connectivity index is 1.87. The van der Waals surface area contributed by atoms with Crippen LogP contribution in [0.4, 0.5) is 13.2 Å². The minimum Gasteiger partial charge on any atom is -0.492 e. The maximum Gasteiger partial charge on any atom is 0.419 e. The molecule has 0 radical (unpaired) electrons. The molecule has 1 amide bonds. The van der Waals surface area contributed by atoms with Crippen molar-refractivity contribution in [3.63, 3.8) is 0 Å². The lowest BCUT2D eigenvalue weighted by Crippen LogP contribution is -2.46. The zero-order chi connectivity index (χ0) is 15.3. The van der Waals surface area contributed by atoms with Gasteiger partial charge in [0.25, 0.3) is 0 Å². The second-order valence-corrected chi connectivity index (χ2v) is 4.72. The molecule has 1 aliphatic heterocycles. The van der Waals surface area contributed by atoms with E-state index in [0.717, 1.165) is 19.2 Å². The number of carbonyl (C=O) groups excluding carboxylic acids is 1. The largest absolute Gasteiger partial charge is 0.492 e. The molecule has 7 heteroatoms. The zero-order valence-electron chi connectivity index (χ0n) is 11.4. The van der Waals surface area contributed by atoms with E-state index in [2.05, 4.69) is 5.32 Å². The van der Waals surface area contributed by atoms with Crippen LogP contribution >= 0.6 is 0 Å². The second kappa shape index (κ2) is 6.80. The summed E-state index contributed by atoms with van der Waals surface area (Å²) in [4.78, 5) is 13.6. The van der Waals surface area contributed by atoms with Gasteiger partial charge in [0.15, 0.2) is 0 Å². The normalized spacial score (nSPS) is 15.9. The first-order valence-corrected chi connectivity index (χ1v) is 6.76. The molecule has 1 saturated heterocycles. The topological polar surface area (TPSA) is 41.6 Å². The minimum absolute atomic E-state index is 0.0597. The molecule has 116 valence electrons. The van der Waals surface area contributed by atoms with Crippen LogP contribution in [-0.2, 0) is 11.0 Å². The SMILES string of the molecule is O=C(CCOc1ccccc1C(F)(F)F)N1CCNCC1. The highest BCUT2D eigenvalue weighted by Crippen LogP contribution is 2.35. The number of amides is 1. The van der Waals surface area contributed by atoms with Crippen LogP contribution in [0.25, 0.3) is 0 Å². The van der Waals surface area contributed by atoms with Crippen LogP contribution in [0.5, 0.6) is 5.75 Å². The standard InChI is InChI=1S/C14H17F3N2O2/c15-14(16,17)11-3-1-2-4-12(11)21-10-5-13(20)19-8-6-18-7-9-19/h1-4,18H,5-10H2. The van der Waals surface area contributed by atoms with Crippen molar-refractivity contribution >= 4 is 5.91 Å². The maximum atomic E-state index is 12.8. The first-order valence-electron chi connectivity index (χ1n) is 6.76. The summed E-state index contributed by atoms with van der Waals surface area (Å²) in [6.07, 6.45) is -4.38. The molecule has 1 aromatic carbocycles. The number of piperazine rings is 1. The third-order valence-corrected chi connectivity index (χ3v) is 3.24. The average molecular weight is 302 g/mol. The van der Waals surface area contributed by atoms with E-state index >= 15 is 0 Å². The van der Waals surface area contributed by atoms with Crippen LogP contribution in [0.1, 0.15) is 12.0 Å². The van der Waals surface area contributed by atoms with Crippen LogP contribution in [0, 0.1) is 0 Å². The molecule has 0 atom stereocenters. The first-order chi connectivity index (χ1) is 9.98. The summed E-state index contributed by atoms with van der Waals surface area (Å²) in [5, 5.41) is 3.13. The number of carbonyl (C=O) groups is 1. The van der Waals surface area contributed by atoms with Gasteiger partial charge in [-0.05, 0) is 12.1 Å². The number of para-hydroxylation sites is 1. The molecule has 4 nitrogen and oxygen atoms in total. The minimum atomic E-state index is -4.46. The maximum absolute atomic E-state index is 12.8. The summed E-state index contributed by atoms with van der Waals surface area (Å²) in [7, 11) is 0. The number of halogens is 3. The number of rotatable bonds is 4. The lowest BCUT2D eigenvalue weighted by atomic mass is 10.2. The van der Waals surface area contributed by atoms with E-state index in [0.29, 0.717) is 13.1 Å². The van der Waals surface area contributed by atoms with Gasteiger partial charge in [-0.2, -0.15) is 13.2 Å². The molecule has 0 saturated carbocycles. The summed E-state index contributed by atoms with van der Waals surface area (Å²) < 4.78 is 43.4. The van der Waals surface area contributed by atoms with Crippen molar-refractivity contribution in [3.05, 3.63) is 29.8 Å².